The van der Waals surface area contributed by atoms with Crippen LogP contribution in [0.25, 0.3) is 0 Å². The molecule has 0 N–H and O–H groups in total. The Morgan fingerprint density at radius 3 is 2.53 bits per heavy atom. The zero-order chi connectivity index (χ0) is 12.0. The Bertz CT molecular complexity index is 641. The molecule has 0 atom stereocenters. The summed E-state index contributed by atoms with van der Waals surface area (Å²) in [6, 6.07) is 9.07. The van der Waals surface area contributed by atoms with Crippen LogP contribution in [0.4, 0.5) is 10.5 Å². The fraction of sp³-hybridized carbons (Fsp3) is 0.182. The van der Waals surface area contributed by atoms with Crippen molar-refractivity contribution < 1.29 is 4.79 Å². The molecule has 0 saturated carbocycles. The molecule has 0 aliphatic carbocycles. The van der Waals surface area contributed by atoms with Gasteiger partial charge in [0, 0.05) is 12.7 Å². The first kappa shape index (κ1) is 9.83. The Hall–Kier alpha value is -2.37. The molecule has 0 radical (unpaired) electrons. The average Bonchev–Trinajstić information content (AvgIpc) is 2.80. The first-order valence-electron chi connectivity index (χ1n) is 5.20. The SMILES string of the molecule is Cn1c(=O)nc2n1C(=O)N(c1ccccc1)C2. The van der Waals surface area contributed by atoms with Crippen molar-refractivity contribution in [1.82, 2.24) is 14.3 Å². The summed E-state index contributed by atoms with van der Waals surface area (Å²) >= 11 is 0. The molecule has 1 aromatic carbocycles. The van der Waals surface area contributed by atoms with Crippen LogP contribution in [0.3, 0.4) is 0 Å². The number of hydrogen-bond acceptors (Lipinski definition) is 3. The lowest BCUT2D eigenvalue weighted by Gasteiger charge is -2.14. The van der Waals surface area contributed by atoms with Gasteiger partial charge in [0.05, 0.1) is 6.54 Å². The van der Waals surface area contributed by atoms with Crippen LogP contribution in [0.2, 0.25) is 0 Å². The van der Waals surface area contributed by atoms with Crippen molar-refractivity contribution in [2.75, 3.05) is 4.90 Å². The van der Waals surface area contributed by atoms with Gasteiger partial charge in [-0.05, 0) is 12.1 Å². The minimum absolute atomic E-state index is 0.247. The van der Waals surface area contributed by atoms with Crippen molar-refractivity contribution in [2.24, 2.45) is 7.05 Å². The summed E-state index contributed by atoms with van der Waals surface area (Å²) in [5.74, 6) is 0.478. The fourth-order valence-electron chi connectivity index (χ4n) is 1.96. The zero-order valence-corrected chi connectivity index (χ0v) is 9.20. The normalized spacial score (nSPS) is 14.2. The van der Waals surface area contributed by atoms with Crippen molar-refractivity contribution in [1.29, 1.82) is 0 Å². The highest BCUT2D eigenvalue weighted by atomic mass is 16.2. The quantitative estimate of drug-likeness (QED) is 0.719. The highest BCUT2D eigenvalue weighted by Crippen LogP contribution is 2.21. The number of rotatable bonds is 1. The smallest absolute Gasteiger partial charge is 0.285 e. The first-order valence-corrected chi connectivity index (χ1v) is 5.20. The highest BCUT2D eigenvalue weighted by molar-refractivity contribution is 5.95. The summed E-state index contributed by atoms with van der Waals surface area (Å²) in [4.78, 5) is 28.8. The number of benzene rings is 1. The van der Waals surface area contributed by atoms with E-state index in [9.17, 15) is 9.59 Å². The van der Waals surface area contributed by atoms with Gasteiger partial charge < -0.3 is 0 Å². The van der Waals surface area contributed by atoms with E-state index >= 15 is 0 Å². The summed E-state index contributed by atoms with van der Waals surface area (Å²) in [6.45, 7) is 0.332. The molecule has 17 heavy (non-hydrogen) atoms. The minimum atomic E-state index is -0.402. The van der Waals surface area contributed by atoms with Gasteiger partial charge in [0.25, 0.3) is 0 Å². The topological polar surface area (TPSA) is 60.1 Å². The van der Waals surface area contributed by atoms with Gasteiger partial charge in [-0.3, -0.25) is 4.90 Å². The third kappa shape index (κ3) is 1.30. The average molecular weight is 230 g/mol. The number of anilines is 1. The third-order valence-electron chi connectivity index (χ3n) is 2.83. The highest BCUT2D eigenvalue weighted by Gasteiger charge is 2.31. The van der Waals surface area contributed by atoms with Crippen molar-refractivity contribution in [3.63, 3.8) is 0 Å². The molecule has 2 heterocycles. The molecule has 1 aromatic heterocycles. The summed E-state index contributed by atoms with van der Waals surface area (Å²) in [5, 5.41) is 0. The van der Waals surface area contributed by atoms with Crippen LogP contribution in [-0.4, -0.2) is 20.4 Å². The van der Waals surface area contributed by atoms with Gasteiger partial charge in [-0.15, -0.1) is 0 Å². The van der Waals surface area contributed by atoms with Crippen LogP contribution >= 0.6 is 0 Å². The van der Waals surface area contributed by atoms with Gasteiger partial charge in [0.15, 0.2) is 5.82 Å². The van der Waals surface area contributed by atoms with E-state index in [1.165, 1.54) is 16.4 Å². The summed E-state index contributed by atoms with van der Waals surface area (Å²) in [7, 11) is 1.53. The molecule has 0 fully saturated rings. The molecule has 0 saturated heterocycles. The second-order valence-electron chi connectivity index (χ2n) is 3.85. The zero-order valence-electron chi connectivity index (χ0n) is 9.20. The van der Waals surface area contributed by atoms with Gasteiger partial charge in [-0.2, -0.15) is 9.67 Å². The van der Waals surface area contributed by atoms with E-state index in [-0.39, 0.29) is 6.03 Å². The summed E-state index contributed by atoms with van der Waals surface area (Å²) in [5.41, 5.74) is 0.400. The van der Waals surface area contributed by atoms with Crippen molar-refractivity contribution >= 4 is 11.7 Å². The van der Waals surface area contributed by atoms with Crippen LogP contribution in [-0.2, 0) is 13.6 Å². The largest absolute Gasteiger partial charge is 0.364 e. The Labute approximate surface area is 96.7 Å². The number of nitrogens with zero attached hydrogens (tertiary/aromatic N) is 4. The molecule has 6 nitrogen and oxygen atoms in total. The number of para-hydroxylation sites is 1. The first-order chi connectivity index (χ1) is 8.18. The Kier molecular flexibility index (Phi) is 1.91. The molecule has 1 amide bonds. The summed E-state index contributed by atoms with van der Waals surface area (Å²) < 4.78 is 2.52. The maximum absolute atomic E-state index is 12.1. The third-order valence-corrected chi connectivity index (χ3v) is 2.83. The molecule has 3 rings (SSSR count). The lowest BCUT2D eigenvalue weighted by atomic mass is 10.3. The van der Waals surface area contributed by atoms with E-state index in [2.05, 4.69) is 4.98 Å². The van der Waals surface area contributed by atoms with Crippen molar-refractivity contribution in [2.45, 2.75) is 6.54 Å². The molecule has 2 aromatic rings. The van der Waals surface area contributed by atoms with Gasteiger partial charge in [-0.1, -0.05) is 18.2 Å². The fourth-order valence-corrected chi connectivity index (χ4v) is 1.96. The van der Waals surface area contributed by atoms with Crippen LogP contribution in [0.5, 0.6) is 0 Å². The van der Waals surface area contributed by atoms with E-state index in [1.807, 2.05) is 30.3 Å². The summed E-state index contributed by atoms with van der Waals surface area (Å²) in [6.07, 6.45) is 0. The van der Waals surface area contributed by atoms with Gasteiger partial charge in [0.2, 0.25) is 0 Å². The number of fused-ring (bicyclic) bond motifs is 1. The number of amides is 1. The van der Waals surface area contributed by atoms with E-state index in [0.29, 0.717) is 12.4 Å². The van der Waals surface area contributed by atoms with Gasteiger partial charge in [0.1, 0.15) is 0 Å². The Morgan fingerprint density at radius 2 is 1.88 bits per heavy atom. The van der Waals surface area contributed by atoms with Crippen LogP contribution in [0.1, 0.15) is 5.82 Å². The van der Waals surface area contributed by atoms with E-state index < -0.39 is 5.69 Å². The predicted octanol–water partition coefficient (Wildman–Crippen LogP) is 0.570. The minimum Gasteiger partial charge on any atom is -0.285 e. The molecule has 0 bridgehead atoms. The Morgan fingerprint density at radius 1 is 1.18 bits per heavy atom. The molecule has 86 valence electrons. The maximum atomic E-state index is 12.1. The lowest BCUT2D eigenvalue weighted by molar-refractivity contribution is 0.245. The van der Waals surface area contributed by atoms with Gasteiger partial charge in [-0.25, -0.2) is 14.3 Å². The monoisotopic (exact) mass is 230 g/mol. The molecule has 0 unspecified atom stereocenters. The van der Waals surface area contributed by atoms with E-state index in [4.69, 9.17) is 0 Å². The lowest BCUT2D eigenvalue weighted by Crippen LogP contribution is -2.32. The molecule has 1 aliphatic heterocycles. The molecule has 0 spiro atoms. The number of hydrogen-bond donors (Lipinski definition) is 0. The predicted molar refractivity (Wildman–Crippen MR) is 60.9 cm³/mol. The number of carbonyl (C=O) groups is 1. The van der Waals surface area contributed by atoms with Crippen LogP contribution in [0, 0.1) is 0 Å². The standard InChI is InChI=1S/C11H10N4O2/c1-13-10(16)12-9-7-14(11(17)15(9)13)8-5-3-2-4-6-8/h2-6H,7H2,1H3. The molecular weight excluding hydrogens is 220 g/mol. The second-order valence-corrected chi connectivity index (χ2v) is 3.85. The van der Waals surface area contributed by atoms with Crippen LogP contribution in [0.15, 0.2) is 35.1 Å². The van der Waals surface area contributed by atoms with E-state index in [0.717, 1.165) is 5.69 Å². The molecule has 6 heteroatoms. The second kappa shape index (κ2) is 3.31. The molecular formula is C11H10N4O2. The van der Waals surface area contributed by atoms with Crippen molar-refractivity contribution in [3.8, 4) is 0 Å². The molecule has 1 aliphatic rings. The Balaban J connectivity index is 2.06. The van der Waals surface area contributed by atoms with Gasteiger partial charge >= 0.3 is 11.7 Å². The van der Waals surface area contributed by atoms with Crippen molar-refractivity contribution in [3.05, 3.63) is 46.6 Å². The van der Waals surface area contributed by atoms with Crippen LogP contribution < -0.4 is 10.6 Å². The van der Waals surface area contributed by atoms with E-state index in [1.54, 1.807) is 4.90 Å². The number of aromatic nitrogens is 3. The maximum Gasteiger partial charge on any atom is 0.364 e. The number of carbonyl (C=O) groups excluding carboxylic acids is 1.